The van der Waals surface area contributed by atoms with Crippen LogP contribution >= 0.6 is 0 Å². The highest BCUT2D eigenvalue weighted by molar-refractivity contribution is 7.87. The molecule has 1 aromatic rings. The van der Waals surface area contributed by atoms with Crippen LogP contribution < -0.4 is 4.18 Å². The maximum Gasteiger partial charge on any atom is 0.322 e. The molecule has 13 heavy (non-hydrogen) atoms. The average Bonchev–Trinajstić information content (AvgIpc) is 2.04. The molecule has 0 saturated heterocycles. The molecule has 0 fully saturated rings. The Morgan fingerprint density at radius 3 is 2.46 bits per heavy atom. The first kappa shape index (κ1) is 9.55. The van der Waals surface area contributed by atoms with E-state index in [2.05, 4.69) is 4.18 Å². The summed E-state index contributed by atoms with van der Waals surface area (Å²) in [5.74, 6) is -0.417. The van der Waals surface area contributed by atoms with Crippen molar-refractivity contribution in [1.82, 2.24) is 0 Å². The van der Waals surface area contributed by atoms with Crippen LogP contribution in [0, 0.1) is 11.3 Å². The highest BCUT2D eigenvalue weighted by atomic mass is 32.2. The summed E-state index contributed by atoms with van der Waals surface area (Å²) in [5, 5.41) is 8.17. The fourth-order valence-electron chi connectivity index (χ4n) is 0.731. The second-order valence-electron chi connectivity index (χ2n) is 2.26. The molecule has 0 aliphatic rings. The molecule has 0 unspecified atom stereocenters. The fourth-order valence-corrected chi connectivity index (χ4v) is 1.35. The van der Waals surface area contributed by atoms with Gasteiger partial charge in [-0.1, -0.05) is 18.2 Å². The summed E-state index contributed by atoms with van der Waals surface area (Å²) in [6.45, 7) is 0. The van der Waals surface area contributed by atoms with E-state index < -0.39 is 15.9 Å². The van der Waals surface area contributed by atoms with Gasteiger partial charge in [-0.2, -0.15) is 13.7 Å². The van der Waals surface area contributed by atoms with Gasteiger partial charge in [-0.25, -0.2) is 0 Å². The van der Waals surface area contributed by atoms with Crippen molar-refractivity contribution in [3.63, 3.8) is 0 Å². The zero-order valence-electron chi connectivity index (χ0n) is 6.67. The molecule has 0 saturated carbocycles. The molecule has 0 atom stereocenters. The van der Waals surface area contributed by atoms with E-state index in [1.54, 1.807) is 18.2 Å². The van der Waals surface area contributed by atoms with Crippen molar-refractivity contribution in [2.24, 2.45) is 0 Å². The maximum atomic E-state index is 11.0. The van der Waals surface area contributed by atoms with Crippen LogP contribution in [0.5, 0.6) is 5.75 Å². The predicted octanol–water partition coefficient (Wildman–Crippen LogP) is 0.919. The molecule has 4 nitrogen and oxygen atoms in total. The van der Waals surface area contributed by atoms with Crippen molar-refractivity contribution in [1.29, 1.82) is 5.26 Å². The smallest absolute Gasteiger partial charge is 0.322 e. The Balaban J connectivity index is 2.77. The number of nitrogens with zero attached hydrogens (tertiary/aromatic N) is 1. The summed E-state index contributed by atoms with van der Waals surface area (Å²) in [4.78, 5) is 0. The minimum atomic E-state index is -3.75. The van der Waals surface area contributed by atoms with Gasteiger partial charge in [0.05, 0.1) is 6.07 Å². The third-order valence-corrected chi connectivity index (χ3v) is 2.14. The van der Waals surface area contributed by atoms with E-state index in [9.17, 15) is 8.42 Å². The fraction of sp³-hybridized carbons (Fsp3) is 0.125. The van der Waals surface area contributed by atoms with E-state index in [-0.39, 0.29) is 5.75 Å². The largest absolute Gasteiger partial charge is 0.382 e. The summed E-state index contributed by atoms with van der Waals surface area (Å²) in [6.07, 6.45) is 0. The third kappa shape index (κ3) is 3.13. The van der Waals surface area contributed by atoms with Crippen molar-refractivity contribution in [2.45, 2.75) is 0 Å². The quantitative estimate of drug-likeness (QED) is 0.676. The van der Waals surface area contributed by atoms with Gasteiger partial charge in [-0.05, 0) is 12.1 Å². The van der Waals surface area contributed by atoms with Crippen LogP contribution in [-0.4, -0.2) is 14.2 Å². The van der Waals surface area contributed by atoms with Gasteiger partial charge < -0.3 is 4.18 Å². The Kier molecular flexibility index (Phi) is 2.88. The topological polar surface area (TPSA) is 67.2 Å². The lowest BCUT2D eigenvalue weighted by Gasteiger charge is -2.02. The zero-order valence-corrected chi connectivity index (χ0v) is 7.49. The van der Waals surface area contributed by atoms with E-state index in [1.165, 1.54) is 18.2 Å². The molecule has 0 bridgehead atoms. The molecular formula is C8H7NO3S. The lowest BCUT2D eigenvalue weighted by Crippen LogP contribution is -2.12. The highest BCUT2D eigenvalue weighted by Gasteiger charge is 2.10. The number of hydrogen-bond acceptors (Lipinski definition) is 4. The van der Waals surface area contributed by atoms with Crippen molar-refractivity contribution >= 4 is 10.1 Å². The van der Waals surface area contributed by atoms with E-state index in [1.807, 2.05) is 0 Å². The lowest BCUT2D eigenvalue weighted by molar-refractivity contribution is 0.490. The predicted molar refractivity (Wildman–Crippen MR) is 46.5 cm³/mol. The third-order valence-electron chi connectivity index (χ3n) is 1.21. The maximum absolute atomic E-state index is 11.0. The molecule has 5 heteroatoms. The normalized spacial score (nSPS) is 10.4. The van der Waals surface area contributed by atoms with Crippen molar-refractivity contribution < 1.29 is 12.6 Å². The first-order valence-corrected chi connectivity index (χ1v) is 5.06. The van der Waals surface area contributed by atoms with Gasteiger partial charge in [-0.3, -0.25) is 0 Å². The molecule has 0 spiro atoms. The number of nitriles is 1. The number of hydrogen-bond donors (Lipinski definition) is 0. The number of para-hydroxylation sites is 1. The van der Waals surface area contributed by atoms with Gasteiger partial charge in [0.2, 0.25) is 0 Å². The van der Waals surface area contributed by atoms with Crippen molar-refractivity contribution in [3.8, 4) is 11.8 Å². The summed E-state index contributed by atoms with van der Waals surface area (Å²) in [6, 6.07) is 9.57. The molecule has 0 aromatic heterocycles. The molecule has 0 heterocycles. The monoisotopic (exact) mass is 197 g/mol. The molecule has 0 aliphatic carbocycles. The van der Waals surface area contributed by atoms with Crippen LogP contribution in [0.25, 0.3) is 0 Å². The Hall–Kier alpha value is -1.54. The molecule has 68 valence electrons. The van der Waals surface area contributed by atoms with Gasteiger partial charge in [0.1, 0.15) is 5.75 Å². The minimum absolute atomic E-state index is 0.220. The minimum Gasteiger partial charge on any atom is -0.382 e. The lowest BCUT2D eigenvalue weighted by atomic mass is 10.3. The van der Waals surface area contributed by atoms with Gasteiger partial charge >= 0.3 is 10.1 Å². The van der Waals surface area contributed by atoms with Crippen LogP contribution in [0.3, 0.4) is 0 Å². The summed E-state index contributed by atoms with van der Waals surface area (Å²) in [5.41, 5.74) is 0. The summed E-state index contributed by atoms with van der Waals surface area (Å²) in [7, 11) is -3.75. The number of benzene rings is 1. The van der Waals surface area contributed by atoms with E-state index >= 15 is 0 Å². The van der Waals surface area contributed by atoms with Crippen LogP contribution in [0.2, 0.25) is 0 Å². The number of rotatable bonds is 3. The summed E-state index contributed by atoms with van der Waals surface area (Å²) < 4.78 is 26.5. The SMILES string of the molecule is N#CCS(=O)(=O)Oc1ccccc1. The first-order chi connectivity index (χ1) is 6.14. The van der Waals surface area contributed by atoms with Crippen LogP contribution in [0.4, 0.5) is 0 Å². The molecular weight excluding hydrogens is 190 g/mol. The van der Waals surface area contributed by atoms with Gasteiger partial charge in [0.15, 0.2) is 5.75 Å². The van der Waals surface area contributed by atoms with E-state index in [4.69, 9.17) is 5.26 Å². The van der Waals surface area contributed by atoms with Crippen LogP contribution in [0.15, 0.2) is 30.3 Å². The highest BCUT2D eigenvalue weighted by Crippen LogP contribution is 2.11. The second-order valence-corrected chi connectivity index (χ2v) is 3.83. The molecule has 0 N–H and O–H groups in total. The van der Waals surface area contributed by atoms with Crippen molar-refractivity contribution in [2.75, 3.05) is 5.75 Å². The molecule has 0 aliphatic heterocycles. The van der Waals surface area contributed by atoms with E-state index in [0.29, 0.717) is 0 Å². The Morgan fingerprint density at radius 1 is 1.31 bits per heavy atom. The Labute approximate surface area is 76.5 Å². The molecule has 0 amide bonds. The first-order valence-electron chi connectivity index (χ1n) is 3.48. The van der Waals surface area contributed by atoms with Gasteiger partial charge in [0.25, 0.3) is 0 Å². The van der Waals surface area contributed by atoms with Gasteiger partial charge in [0, 0.05) is 0 Å². The van der Waals surface area contributed by atoms with Crippen LogP contribution in [0.1, 0.15) is 0 Å². The summed E-state index contributed by atoms with van der Waals surface area (Å²) >= 11 is 0. The molecule has 1 aromatic carbocycles. The Morgan fingerprint density at radius 2 is 1.92 bits per heavy atom. The van der Waals surface area contributed by atoms with Crippen molar-refractivity contribution in [3.05, 3.63) is 30.3 Å². The van der Waals surface area contributed by atoms with Gasteiger partial charge in [-0.15, -0.1) is 0 Å². The second kappa shape index (κ2) is 3.92. The Bertz CT molecular complexity index is 405. The van der Waals surface area contributed by atoms with Crippen LogP contribution in [-0.2, 0) is 10.1 Å². The standard InChI is InChI=1S/C8H7NO3S/c9-6-7-13(10,11)12-8-4-2-1-3-5-8/h1-5H,7H2. The van der Waals surface area contributed by atoms with E-state index in [0.717, 1.165) is 0 Å². The average molecular weight is 197 g/mol. The molecule has 1 rings (SSSR count). The zero-order chi connectivity index (χ0) is 9.73. The molecule has 0 radical (unpaired) electrons.